The first-order chi connectivity index (χ1) is 10.1. The second kappa shape index (κ2) is 6.76. The lowest BCUT2D eigenvalue weighted by Gasteiger charge is -2.11. The van der Waals surface area contributed by atoms with Crippen molar-refractivity contribution in [1.82, 2.24) is 9.78 Å². The number of carbonyl (C=O) groups is 1. The summed E-state index contributed by atoms with van der Waals surface area (Å²) in [4.78, 5) is 12.3. The number of rotatable bonds is 5. The van der Waals surface area contributed by atoms with E-state index >= 15 is 0 Å². The van der Waals surface area contributed by atoms with E-state index in [1.165, 1.54) is 11.8 Å². The van der Waals surface area contributed by atoms with Crippen LogP contribution in [-0.2, 0) is 6.54 Å². The molecule has 0 unspecified atom stereocenters. The Labute approximate surface area is 130 Å². The van der Waals surface area contributed by atoms with Crippen molar-refractivity contribution in [3.8, 4) is 0 Å². The van der Waals surface area contributed by atoms with Crippen molar-refractivity contribution in [2.24, 2.45) is 0 Å². The highest BCUT2D eigenvalue weighted by molar-refractivity contribution is 6.34. The molecule has 1 amide bonds. The molecular weight excluding hydrogens is 286 g/mol. The van der Waals surface area contributed by atoms with E-state index in [0.29, 0.717) is 23.2 Å². The monoisotopic (exact) mass is 305 g/mol. The van der Waals surface area contributed by atoms with Crippen LogP contribution in [0.1, 0.15) is 49.2 Å². The molecule has 1 aromatic carbocycles. The first-order valence-electron chi connectivity index (χ1n) is 7.19. The van der Waals surface area contributed by atoms with Crippen LogP contribution < -0.4 is 5.32 Å². The van der Waals surface area contributed by atoms with Crippen molar-refractivity contribution >= 4 is 23.2 Å². The van der Waals surface area contributed by atoms with Crippen molar-refractivity contribution in [2.45, 2.75) is 39.7 Å². The number of aromatic nitrogens is 2. The zero-order valence-electron chi connectivity index (χ0n) is 12.6. The van der Waals surface area contributed by atoms with E-state index in [-0.39, 0.29) is 5.91 Å². The molecule has 0 aliphatic carbocycles. The van der Waals surface area contributed by atoms with Gasteiger partial charge in [-0.1, -0.05) is 37.6 Å². The molecule has 1 atom stereocenters. The molecule has 0 saturated heterocycles. The molecule has 1 N–H and O–H groups in total. The molecular formula is C16H20ClN3O. The fourth-order valence-corrected chi connectivity index (χ4v) is 2.38. The van der Waals surface area contributed by atoms with E-state index in [0.717, 1.165) is 12.1 Å². The molecule has 1 heterocycles. The molecule has 112 valence electrons. The molecule has 1 aromatic heterocycles. The van der Waals surface area contributed by atoms with Crippen LogP contribution in [0.5, 0.6) is 0 Å². The van der Waals surface area contributed by atoms with Gasteiger partial charge < -0.3 is 5.32 Å². The molecule has 0 aliphatic rings. The quantitative estimate of drug-likeness (QED) is 0.894. The average molecular weight is 306 g/mol. The summed E-state index contributed by atoms with van der Waals surface area (Å²) in [5.41, 5.74) is 2.42. The maximum absolute atomic E-state index is 12.3. The Morgan fingerprint density at radius 2 is 2.00 bits per heavy atom. The number of carbonyl (C=O) groups excluding carboxylic acids is 1. The zero-order valence-corrected chi connectivity index (χ0v) is 13.3. The van der Waals surface area contributed by atoms with Crippen molar-refractivity contribution < 1.29 is 4.79 Å². The first-order valence-corrected chi connectivity index (χ1v) is 7.57. The predicted octanol–water partition coefficient (Wildman–Crippen LogP) is 4.32. The third-order valence-corrected chi connectivity index (χ3v) is 3.94. The fourth-order valence-electron chi connectivity index (χ4n) is 2.15. The summed E-state index contributed by atoms with van der Waals surface area (Å²) >= 11 is 6.03. The Bertz CT molecular complexity index is 619. The Hall–Kier alpha value is -1.81. The largest absolute Gasteiger partial charge is 0.321 e. The van der Waals surface area contributed by atoms with Gasteiger partial charge in [-0.3, -0.25) is 9.48 Å². The Morgan fingerprint density at radius 1 is 1.33 bits per heavy atom. The van der Waals surface area contributed by atoms with Gasteiger partial charge in [-0.25, -0.2) is 0 Å². The number of halogens is 1. The van der Waals surface area contributed by atoms with Crippen LogP contribution in [0.4, 0.5) is 5.69 Å². The van der Waals surface area contributed by atoms with Gasteiger partial charge in [0.05, 0.1) is 11.2 Å². The lowest BCUT2D eigenvalue weighted by Crippen LogP contribution is -2.17. The van der Waals surface area contributed by atoms with Gasteiger partial charge in [0.15, 0.2) is 0 Å². The summed E-state index contributed by atoms with van der Waals surface area (Å²) in [6.07, 6.45) is 2.59. The highest BCUT2D eigenvalue weighted by atomic mass is 35.5. The number of nitrogens with zero attached hydrogens (tertiary/aromatic N) is 2. The normalized spacial score (nSPS) is 12.2. The molecule has 0 saturated carbocycles. The minimum absolute atomic E-state index is 0.240. The SMILES string of the molecule is CC[C@@H](C)c1ccc(NC(=O)c2c(Cl)cnn2CC)cc1. The lowest BCUT2D eigenvalue weighted by atomic mass is 9.99. The van der Waals surface area contributed by atoms with E-state index in [9.17, 15) is 4.79 Å². The second-order valence-corrected chi connectivity index (χ2v) is 5.45. The van der Waals surface area contributed by atoms with Crippen LogP contribution in [0.2, 0.25) is 5.02 Å². The summed E-state index contributed by atoms with van der Waals surface area (Å²) in [6.45, 7) is 6.87. The minimum Gasteiger partial charge on any atom is -0.321 e. The summed E-state index contributed by atoms with van der Waals surface area (Å²) < 4.78 is 1.59. The second-order valence-electron chi connectivity index (χ2n) is 5.04. The lowest BCUT2D eigenvalue weighted by molar-refractivity contribution is 0.101. The molecule has 5 heteroatoms. The van der Waals surface area contributed by atoms with E-state index in [1.807, 2.05) is 31.2 Å². The summed E-state index contributed by atoms with van der Waals surface area (Å²) in [7, 11) is 0. The number of nitrogens with one attached hydrogen (secondary N) is 1. The highest BCUT2D eigenvalue weighted by Gasteiger charge is 2.16. The molecule has 0 fully saturated rings. The molecule has 0 radical (unpaired) electrons. The summed E-state index contributed by atoms with van der Waals surface area (Å²) in [6, 6.07) is 7.92. The number of hydrogen-bond donors (Lipinski definition) is 1. The number of amides is 1. The van der Waals surface area contributed by atoms with Gasteiger partial charge >= 0.3 is 0 Å². The van der Waals surface area contributed by atoms with Gasteiger partial charge in [-0.15, -0.1) is 0 Å². The van der Waals surface area contributed by atoms with Gasteiger partial charge in [0.1, 0.15) is 5.69 Å². The molecule has 0 bridgehead atoms. The van der Waals surface area contributed by atoms with Crippen LogP contribution in [0.3, 0.4) is 0 Å². The van der Waals surface area contributed by atoms with Gasteiger partial charge in [-0.05, 0) is 37.0 Å². The standard InChI is InChI=1S/C16H20ClN3O/c1-4-11(3)12-6-8-13(9-7-12)19-16(21)15-14(17)10-18-20(15)5-2/h6-11H,4-5H2,1-3H3,(H,19,21)/t11-/m1/s1. The molecule has 0 spiro atoms. The van der Waals surface area contributed by atoms with Crippen LogP contribution in [-0.4, -0.2) is 15.7 Å². The third kappa shape index (κ3) is 3.45. The third-order valence-electron chi connectivity index (χ3n) is 3.66. The predicted molar refractivity (Wildman–Crippen MR) is 86.0 cm³/mol. The molecule has 21 heavy (non-hydrogen) atoms. The number of anilines is 1. The van der Waals surface area contributed by atoms with Gasteiger partial charge in [0, 0.05) is 12.2 Å². The van der Waals surface area contributed by atoms with Crippen LogP contribution in [0.15, 0.2) is 30.5 Å². The van der Waals surface area contributed by atoms with Crippen LogP contribution >= 0.6 is 11.6 Å². The van der Waals surface area contributed by atoms with Gasteiger partial charge in [0.25, 0.3) is 5.91 Å². The van der Waals surface area contributed by atoms with Crippen molar-refractivity contribution in [3.63, 3.8) is 0 Å². The molecule has 4 nitrogen and oxygen atoms in total. The van der Waals surface area contributed by atoms with Gasteiger partial charge in [0.2, 0.25) is 0 Å². The first kappa shape index (κ1) is 15.6. The Morgan fingerprint density at radius 3 is 2.57 bits per heavy atom. The highest BCUT2D eigenvalue weighted by Crippen LogP contribution is 2.22. The van der Waals surface area contributed by atoms with Crippen LogP contribution in [0.25, 0.3) is 0 Å². The van der Waals surface area contributed by atoms with E-state index < -0.39 is 0 Å². The Balaban J connectivity index is 2.14. The maximum atomic E-state index is 12.3. The smallest absolute Gasteiger partial charge is 0.275 e. The van der Waals surface area contributed by atoms with E-state index in [1.54, 1.807) is 4.68 Å². The van der Waals surface area contributed by atoms with E-state index in [2.05, 4.69) is 24.3 Å². The van der Waals surface area contributed by atoms with Crippen LogP contribution in [0, 0.1) is 0 Å². The maximum Gasteiger partial charge on any atom is 0.275 e. The molecule has 2 rings (SSSR count). The Kier molecular flexibility index (Phi) is 5.02. The number of hydrogen-bond acceptors (Lipinski definition) is 2. The van der Waals surface area contributed by atoms with Crippen molar-refractivity contribution in [1.29, 1.82) is 0 Å². The zero-order chi connectivity index (χ0) is 15.4. The van der Waals surface area contributed by atoms with E-state index in [4.69, 9.17) is 11.6 Å². The minimum atomic E-state index is -0.240. The fraction of sp³-hybridized carbons (Fsp3) is 0.375. The average Bonchev–Trinajstić information content (AvgIpc) is 2.88. The summed E-state index contributed by atoms with van der Waals surface area (Å²) in [5.74, 6) is 0.279. The topological polar surface area (TPSA) is 46.9 Å². The van der Waals surface area contributed by atoms with Crippen molar-refractivity contribution in [3.05, 3.63) is 46.7 Å². The number of aryl methyl sites for hydroxylation is 1. The molecule has 0 aliphatic heterocycles. The van der Waals surface area contributed by atoms with Gasteiger partial charge in [-0.2, -0.15) is 5.10 Å². The van der Waals surface area contributed by atoms with Crippen molar-refractivity contribution in [2.75, 3.05) is 5.32 Å². The summed E-state index contributed by atoms with van der Waals surface area (Å²) in [5, 5.41) is 7.30. The number of benzene rings is 1. The molecule has 2 aromatic rings.